The second-order valence-corrected chi connectivity index (χ2v) is 6.92. The van der Waals surface area contributed by atoms with E-state index in [1.165, 1.54) is 4.90 Å². The minimum Gasteiger partial charge on any atom is -0.494 e. The van der Waals surface area contributed by atoms with Crippen LogP contribution < -0.4 is 10.1 Å². The monoisotopic (exact) mass is 398 g/mol. The summed E-state index contributed by atoms with van der Waals surface area (Å²) in [6, 6.07) is 12.6. The zero-order chi connectivity index (χ0) is 20.3. The zero-order valence-corrected chi connectivity index (χ0v) is 17.0. The van der Waals surface area contributed by atoms with Crippen molar-refractivity contribution in [1.29, 1.82) is 0 Å². The van der Waals surface area contributed by atoms with Crippen molar-refractivity contribution in [3.63, 3.8) is 0 Å². The number of nitrogens with one attached hydrogen (secondary N) is 1. The maximum Gasteiger partial charge on any atom is 0.278 e. The number of hydrogen-bond donors (Lipinski definition) is 1. The Balaban J connectivity index is 2.02. The average Bonchev–Trinajstić information content (AvgIpc) is 2.93. The van der Waals surface area contributed by atoms with E-state index in [0.29, 0.717) is 35.0 Å². The van der Waals surface area contributed by atoms with Gasteiger partial charge in [-0.05, 0) is 55.7 Å². The number of amides is 2. The molecule has 1 N–H and O–H groups in total. The maximum absolute atomic E-state index is 12.9. The Hall–Kier alpha value is -2.79. The third-order valence-electron chi connectivity index (χ3n) is 4.63. The molecule has 0 spiro atoms. The van der Waals surface area contributed by atoms with E-state index in [0.717, 1.165) is 17.7 Å². The summed E-state index contributed by atoms with van der Waals surface area (Å²) >= 11 is 6.20. The molecule has 6 heteroatoms. The molecule has 2 aromatic rings. The summed E-state index contributed by atoms with van der Waals surface area (Å²) in [4.78, 5) is 27.0. The number of likely N-dealkylation sites (N-methyl/N-ethyl adjacent to an activating group) is 1. The lowest BCUT2D eigenvalue weighted by Gasteiger charge is -2.13. The Kier molecular flexibility index (Phi) is 6.05. The molecule has 0 aromatic heterocycles. The molecule has 0 fully saturated rings. The van der Waals surface area contributed by atoms with Crippen LogP contribution in [0.4, 0.5) is 5.69 Å². The first-order valence-corrected chi connectivity index (χ1v) is 9.71. The Morgan fingerprint density at radius 1 is 1.04 bits per heavy atom. The van der Waals surface area contributed by atoms with Gasteiger partial charge in [0.15, 0.2) is 0 Å². The minimum absolute atomic E-state index is 0.263. The molecule has 3 rings (SSSR count). The van der Waals surface area contributed by atoms with Gasteiger partial charge in [-0.3, -0.25) is 14.5 Å². The fraction of sp³-hybridized carbons (Fsp3) is 0.273. The van der Waals surface area contributed by atoms with Crippen LogP contribution in [0.5, 0.6) is 5.75 Å². The quantitative estimate of drug-likeness (QED) is 0.690. The van der Waals surface area contributed by atoms with Crippen LogP contribution in [0, 0.1) is 6.92 Å². The highest BCUT2D eigenvalue weighted by Gasteiger charge is 2.38. The summed E-state index contributed by atoms with van der Waals surface area (Å²) < 4.78 is 5.61. The maximum atomic E-state index is 12.9. The van der Waals surface area contributed by atoms with Crippen molar-refractivity contribution in [2.45, 2.75) is 27.2 Å². The van der Waals surface area contributed by atoms with E-state index in [1.54, 1.807) is 31.2 Å². The van der Waals surface area contributed by atoms with Crippen molar-refractivity contribution < 1.29 is 14.3 Å². The van der Waals surface area contributed by atoms with Crippen LogP contribution in [0.25, 0.3) is 5.57 Å². The van der Waals surface area contributed by atoms with E-state index in [9.17, 15) is 9.59 Å². The van der Waals surface area contributed by atoms with Crippen LogP contribution in [-0.4, -0.2) is 29.9 Å². The topological polar surface area (TPSA) is 58.6 Å². The van der Waals surface area contributed by atoms with Crippen molar-refractivity contribution in [2.75, 3.05) is 18.5 Å². The summed E-state index contributed by atoms with van der Waals surface area (Å²) in [6.07, 6.45) is 0.915. The first-order chi connectivity index (χ1) is 13.5. The second kappa shape index (κ2) is 8.48. The minimum atomic E-state index is -0.340. The van der Waals surface area contributed by atoms with Gasteiger partial charge in [0.25, 0.3) is 11.8 Å². The standard InChI is InChI=1S/C22H23ClN2O3/c1-4-13-28-16-11-9-15(10-12-16)19-20(22(27)25(5-2)21(19)26)24-18-8-6-7-17(23)14(18)3/h6-12,24H,4-5,13H2,1-3H3. The summed E-state index contributed by atoms with van der Waals surface area (Å²) in [5.41, 5.74) is 2.80. The van der Waals surface area contributed by atoms with Crippen LogP contribution in [0.2, 0.25) is 5.02 Å². The molecular formula is C22H23ClN2O3. The van der Waals surface area contributed by atoms with Crippen LogP contribution in [-0.2, 0) is 9.59 Å². The van der Waals surface area contributed by atoms with Crippen molar-refractivity contribution >= 4 is 34.7 Å². The molecule has 0 radical (unpaired) electrons. The van der Waals surface area contributed by atoms with Gasteiger partial charge < -0.3 is 10.1 Å². The molecule has 0 saturated carbocycles. The van der Waals surface area contributed by atoms with Crippen molar-refractivity contribution in [2.24, 2.45) is 0 Å². The highest BCUT2D eigenvalue weighted by Crippen LogP contribution is 2.33. The lowest BCUT2D eigenvalue weighted by atomic mass is 10.0. The molecule has 2 aromatic carbocycles. The third kappa shape index (κ3) is 3.76. The highest BCUT2D eigenvalue weighted by atomic mass is 35.5. The second-order valence-electron chi connectivity index (χ2n) is 6.51. The summed E-state index contributed by atoms with van der Waals surface area (Å²) in [7, 11) is 0. The van der Waals surface area contributed by atoms with E-state index >= 15 is 0 Å². The largest absolute Gasteiger partial charge is 0.494 e. The van der Waals surface area contributed by atoms with Gasteiger partial charge in [0, 0.05) is 17.3 Å². The number of nitrogens with zero attached hydrogens (tertiary/aromatic N) is 1. The first kappa shape index (κ1) is 20.0. The number of rotatable bonds is 7. The summed E-state index contributed by atoms with van der Waals surface area (Å²) in [5.74, 6) is 0.0839. The highest BCUT2D eigenvalue weighted by molar-refractivity contribution is 6.36. The predicted molar refractivity (Wildman–Crippen MR) is 111 cm³/mol. The van der Waals surface area contributed by atoms with Crippen LogP contribution in [0.1, 0.15) is 31.4 Å². The molecule has 0 aliphatic carbocycles. The normalized spacial score (nSPS) is 14.1. The van der Waals surface area contributed by atoms with Gasteiger partial charge in [0.05, 0.1) is 12.2 Å². The fourth-order valence-corrected chi connectivity index (χ4v) is 3.24. The van der Waals surface area contributed by atoms with E-state index in [4.69, 9.17) is 16.3 Å². The number of hydrogen-bond acceptors (Lipinski definition) is 4. The lowest BCUT2D eigenvalue weighted by molar-refractivity contribution is -0.136. The fourth-order valence-electron chi connectivity index (χ4n) is 3.06. The zero-order valence-electron chi connectivity index (χ0n) is 16.2. The molecule has 0 atom stereocenters. The number of anilines is 1. The van der Waals surface area contributed by atoms with E-state index < -0.39 is 0 Å². The Bertz CT molecular complexity index is 935. The van der Waals surface area contributed by atoms with Crippen LogP contribution in [0.15, 0.2) is 48.2 Å². The number of halogens is 1. The van der Waals surface area contributed by atoms with Crippen LogP contribution in [0.3, 0.4) is 0 Å². The van der Waals surface area contributed by atoms with Crippen molar-refractivity contribution in [3.05, 3.63) is 64.3 Å². The van der Waals surface area contributed by atoms with E-state index in [-0.39, 0.29) is 17.5 Å². The predicted octanol–water partition coefficient (Wildman–Crippen LogP) is 4.65. The van der Waals surface area contributed by atoms with Gasteiger partial charge in [-0.1, -0.05) is 36.7 Å². The summed E-state index contributed by atoms with van der Waals surface area (Å²) in [6.45, 7) is 6.62. The SMILES string of the molecule is CCCOc1ccc(C2=C(Nc3cccc(Cl)c3C)C(=O)N(CC)C2=O)cc1. The number of benzene rings is 2. The number of ether oxygens (including phenoxy) is 1. The summed E-state index contributed by atoms with van der Waals surface area (Å²) in [5, 5.41) is 3.74. The molecule has 1 aliphatic rings. The average molecular weight is 399 g/mol. The van der Waals surface area contributed by atoms with Gasteiger partial charge in [0.1, 0.15) is 11.4 Å². The first-order valence-electron chi connectivity index (χ1n) is 9.33. The van der Waals surface area contributed by atoms with Gasteiger partial charge in [0.2, 0.25) is 0 Å². The molecule has 1 heterocycles. The lowest BCUT2D eigenvalue weighted by Crippen LogP contribution is -2.32. The smallest absolute Gasteiger partial charge is 0.278 e. The molecule has 2 amide bonds. The van der Waals surface area contributed by atoms with Gasteiger partial charge in [-0.25, -0.2) is 0 Å². The molecule has 0 bridgehead atoms. The Morgan fingerprint density at radius 3 is 2.39 bits per heavy atom. The Labute approximate surface area is 169 Å². The molecule has 5 nitrogen and oxygen atoms in total. The van der Waals surface area contributed by atoms with Crippen LogP contribution >= 0.6 is 11.6 Å². The van der Waals surface area contributed by atoms with Gasteiger partial charge in [-0.15, -0.1) is 0 Å². The van der Waals surface area contributed by atoms with Gasteiger partial charge >= 0.3 is 0 Å². The number of carbonyl (C=O) groups excluding carboxylic acids is 2. The van der Waals surface area contributed by atoms with Crippen molar-refractivity contribution in [3.8, 4) is 5.75 Å². The number of imide groups is 1. The van der Waals surface area contributed by atoms with E-state index in [1.807, 2.05) is 32.0 Å². The van der Waals surface area contributed by atoms with Crippen molar-refractivity contribution in [1.82, 2.24) is 4.90 Å². The molecule has 0 unspecified atom stereocenters. The molecule has 0 saturated heterocycles. The van der Waals surface area contributed by atoms with E-state index in [2.05, 4.69) is 5.32 Å². The molecule has 1 aliphatic heterocycles. The Morgan fingerprint density at radius 2 is 1.75 bits per heavy atom. The molecular weight excluding hydrogens is 376 g/mol. The third-order valence-corrected chi connectivity index (χ3v) is 5.04. The number of carbonyl (C=O) groups is 2. The van der Waals surface area contributed by atoms with Gasteiger partial charge in [-0.2, -0.15) is 0 Å². The molecule has 28 heavy (non-hydrogen) atoms. The molecule has 146 valence electrons.